The molecule has 4 N–H and O–H groups in total. The number of rotatable bonds is 10. The van der Waals surface area contributed by atoms with Crippen LogP contribution in [0, 0.1) is 0 Å². The number of aliphatic imine (C=N–C) groups is 2. The molecule has 5 rings (SSSR count). The normalized spacial score (nSPS) is 25.3. The number of benzene rings is 1. The van der Waals surface area contributed by atoms with E-state index in [-0.39, 0.29) is 47.8 Å². The Morgan fingerprint density at radius 3 is 2.80 bits per heavy atom. The number of aliphatic hydroxyl groups excluding tert-OH is 1. The van der Waals surface area contributed by atoms with Crippen molar-refractivity contribution in [2.24, 2.45) is 9.98 Å². The van der Waals surface area contributed by atoms with Crippen LogP contribution in [0.25, 0.3) is 0 Å². The summed E-state index contributed by atoms with van der Waals surface area (Å²) in [7, 11) is -6.07. The van der Waals surface area contributed by atoms with Crippen LogP contribution in [-0.4, -0.2) is 108 Å². The number of urea groups is 1. The third-order valence-electron chi connectivity index (χ3n) is 7.36. The summed E-state index contributed by atoms with van der Waals surface area (Å²) >= 11 is 0. The van der Waals surface area contributed by atoms with Gasteiger partial charge < -0.3 is 25.2 Å². The highest BCUT2D eigenvalue weighted by Crippen LogP contribution is 2.37. The number of amides is 2. The average Bonchev–Trinajstić information content (AvgIpc) is 3.52. The number of dihydropyridines is 1. The Morgan fingerprint density at radius 1 is 1.27 bits per heavy atom. The van der Waals surface area contributed by atoms with Crippen molar-refractivity contribution >= 4 is 38.0 Å². The van der Waals surface area contributed by atoms with E-state index >= 15 is 0 Å². The van der Waals surface area contributed by atoms with E-state index in [2.05, 4.69) is 25.3 Å². The van der Waals surface area contributed by atoms with E-state index in [9.17, 15) is 26.7 Å². The van der Waals surface area contributed by atoms with E-state index in [0.29, 0.717) is 31.6 Å². The number of carbonyl (C=O) groups is 1. The summed E-state index contributed by atoms with van der Waals surface area (Å²) in [5, 5.41) is 16.2. The van der Waals surface area contributed by atoms with E-state index in [1.54, 1.807) is 12.1 Å². The van der Waals surface area contributed by atoms with E-state index in [4.69, 9.17) is 9.47 Å². The predicted molar refractivity (Wildman–Crippen MR) is 145 cm³/mol. The van der Waals surface area contributed by atoms with Gasteiger partial charge in [-0.05, 0) is 44.5 Å². The third-order valence-corrected chi connectivity index (χ3v) is 10.6. The fourth-order valence-corrected chi connectivity index (χ4v) is 7.30. The summed E-state index contributed by atoms with van der Waals surface area (Å²) in [6.07, 6.45) is 2.90. The van der Waals surface area contributed by atoms with Gasteiger partial charge in [-0.15, -0.1) is 0 Å². The number of nitrogens with zero attached hydrogens (tertiary/aromatic N) is 3. The van der Waals surface area contributed by atoms with Gasteiger partial charge in [-0.2, -0.15) is 9.30 Å². The van der Waals surface area contributed by atoms with Crippen LogP contribution in [0.3, 0.4) is 0 Å². The molecule has 218 valence electrons. The fourth-order valence-electron chi connectivity index (χ4n) is 5.11. The van der Waals surface area contributed by atoms with Crippen LogP contribution in [0.5, 0.6) is 5.75 Å². The summed E-state index contributed by atoms with van der Waals surface area (Å²) in [4.78, 5) is 19.4. The van der Waals surface area contributed by atoms with Gasteiger partial charge in [-0.1, -0.05) is 6.07 Å². The van der Waals surface area contributed by atoms with Crippen LogP contribution >= 0.6 is 0 Å². The second kappa shape index (κ2) is 11.3. The zero-order valence-corrected chi connectivity index (χ0v) is 23.4. The first-order valence-electron chi connectivity index (χ1n) is 12.9. The van der Waals surface area contributed by atoms with E-state index in [1.807, 2.05) is 0 Å². The molecule has 4 aliphatic heterocycles. The Kier molecular flexibility index (Phi) is 8.11. The minimum atomic E-state index is -3.79. The van der Waals surface area contributed by atoms with Crippen LogP contribution in [0.2, 0.25) is 0 Å². The van der Waals surface area contributed by atoms with Crippen LogP contribution in [0.1, 0.15) is 19.3 Å². The lowest BCUT2D eigenvalue weighted by molar-refractivity contribution is -0.0310. The topological polar surface area (TPSA) is 188 Å². The molecule has 1 unspecified atom stereocenters. The van der Waals surface area contributed by atoms with Crippen molar-refractivity contribution in [1.29, 1.82) is 0 Å². The van der Waals surface area contributed by atoms with Crippen molar-refractivity contribution in [3.8, 4) is 5.75 Å². The Balaban J connectivity index is 1.08. The lowest BCUT2D eigenvalue weighted by atomic mass is 9.88. The largest absolute Gasteiger partial charge is 0.491 e. The standard InChI is InChI=1S/C24H32N6O8S2/c1-25-39(33,34)19-4-2-3-18(9-19)37-15-17(31)12-26-16-11-24(38-14-16)5-7-30(8-6-24)40(35,36)20-10-21-22(27-13-20)29-23(32)28-21/h2-4,9-10,13,16-17,22,25-26,31H,5-8,11-12,14-15H2,1H3,(H,29,32)/t16-,17+,22?/m1/s1. The fraction of sp³-hybridized carbons (Fsp3) is 0.542. The Hall–Kier alpha value is -2.73. The summed E-state index contributed by atoms with van der Waals surface area (Å²) in [6, 6.07) is 5.47. The van der Waals surface area contributed by atoms with Crippen LogP contribution in [0.15, 0.2) is 50.1 Å². The Labute approximate surface area is 232 Å². The molecule has 0 bridgehead atoms. The molecule has 2 amide bonds. The highest BCUT2D eigenvalue weighted by Gasteiger charge is 2.45. The second-order valence-corrected chi connectivity index (χ2v) is 13.9. The molecule has 2 fully saturated rings. The maximum atomic E-state index is 13.2. The smallest absolute Gasteiger partial charge is 0.343 e. The number of piperidine rings is 1. The quantitative estimate of drug-likeness (QED) is 0.272. The molecule has 1 aromatic rings. The number of aliphatic hydroxyl groups is 1. The maximum absolute atomic E-state index is 13.2. The second-order valence-electron chi connectivity index (χ2n) is 10.1. The molecule has 0 radical (unpaired) electrons. The Bertz CT molecular complexity index is 1450. The Morgan fingerprint density at radius 2 is 2.05 bits per heavy atom. The molecule has 0 aromatic heterocycles. The van der Waals surface area contributed by atoms with E-state index in [0.717, 1.165) is 0 Å². The lowest BCUT2D eigenvalue weighted by Gasteiger charge is -2.38. The van der Waals surface area contributed by atoms with E-state index in [1.165, 1.54) is 35.8 Å². The highest BCUT2D eigenvalue weighted by molar-refractivity contribution is 7.94. The van der Waals surface area contributed by atoms with Crippen LogP contribution in [-0.2, 0) is 24.8 Å². The van der Waals surface area contributed by atoms with Crippen molar-refractivity contribution in [2.45, 2.75) is 48.1 Å². The first-order chi connectivity index (χ1) is 19.0. The molecule has 1 aromatic carbocycles. The molecule has 0 aliphatic carbocycles. The number of carbonyl (C=O) groups excluding carboxylic acids is 1. The molecule has 4 aliphatic rings. The molecule has 2 saturated heterocycles. The van der Waals surface area contributed by atoms with Gasteiger partial charge in [0.25, 0.3) is 0 Å². The molecule has 4 heterocycles. The van der Waals surface area contributed by atoms with Gasteiger partial charge in [0.15, 0.2) is 6.17 Å². The first kappa shape index (κ1) is 28.8. The molecule has 14 nitrogen and oxygen atoms in total. The molecule has 40 heavy (non-hydrogen) atoms. The van der Waals surface area contributed by atoms with Crippen molar-refractivity contribution in [3.63, 3.8) is 0 Å². The van der Waals surface area contributed by atoms with Crippen molar-refractivity contribution in [2.75, 3.05) is 39.9 Å². The summed E-state index contributed by atoms with van der Waals surface area (Å²) in [5.74, 6) is 0.330. The predicted octanol–water partition coefficient (Wildman–Crippen LogP) is -0.664. The number of ether oxygens (including phenoxy) is 2. The van der Waals surface area contributed by atoms with Crippen molar-refractivity contribution < 1.29 is 36.2 Å². The number of sulfonamides is 2. The zero-order chi connectivity index (χ0) is 28.5. The third kappa shape index (κ3) is 6.12. The van der Waals surface area contributed by atoms with Gasteiger partial charge in [0, 0.05) is 38.0 Å². The molecular formula is C24H32N6O8S2. The monoisotopic (exact) mass is 596 g/mol. The SMILES string of the molecule is CNS(=O)(=O)c1cccc(OC[C@@H](O)CN[C@H]2COC3(CCN(S(=O)(=O)C4=CC5=NC(=O)NC5N=C4)CC3)C2)c1. The minimum absolute atomic E-state index is 0.00780. The minimum Gasteiger partial charge on any atom is -0.491 e. The molecule has 0 saturated carbocycles. The lowest BCUT2D eigenvalue weighted by Crippen LogP contribution is -2.47. The van der Waals surface area contributed by atoms with Crippen LogP contribution in [0.4, 0.5) is 4.79 Å². The van der Waals surface area contributed by atoms with Gasteiger partial charge in [-0.25, -0.2) is 26.4 Å². The van der Waals surface area contributed by atoms with Gasteiger partial charge in [-0.3, -0.25) is 4.99 Å². The highest BCUT2D eigenvalue weighted by atomic mass is 32.2. The van der Waals surface area contributed by atoms with Gasteiger partial charge >= 0.3 is 6.03 Å². The number of allylic oxidation sites excluding steroid dienone is 1. The summed E-state index contributed by atoms with van der Waals surface area (Å²) in [6.45, 7) is 1.22. The number of hydrogen-bond donors (Lipinski definition) is 4. The molecule has 3 atom stereocenters. The number of fused-ring (bicyclic) bond motifs is 1. The summed E-state index contributed by atoms with van der Waals surface area (Å²) < 4.78 is 65.6. The van der Waals surface area contributed by atoms with Crippen LogP contribution < -0.4 is 20.1 Å². The average molecular weight is 597 g/mol. The number of hydrogen-bond acceptors (Lipinski definition) is 10. The van der Waals surface area contributed by atoms with Gasteiger partial charge in [0.1, 0.15) is 23.4 Å². The molecule has 16 heteroatoms. The number of nitrogens with one attached hydrogen (secondary N) is 3. The maximum Gasteiger partial charge on any atom is 0.343 e. The molecule has 1 spiro atoms. The van der Waals surface area contributed by atoms with E-state index < -0.39 is 43.9 Å². The van der Waals surface area contributed by atoms with Gasteiger partial charge in [0.05, 0.1) is 22.8 Å². The van der Waals surface area contributed by atoms with Crippen molar-refractivity contribution in [3.05, 3.63) is 35.2 Å². The first-order valence-corrected chi connectivity index (χ1v) is 15.8. The van der Waals surface area contributed by atoms with Crippen molar-refractivity contribution in [1.82, 2.24) is 19.7 Å². The molecular weight excluding hydrogens is 564 g/mol. The summed E-state index contributed by atoms with van der Waals surface area (Å²) in [5.41, 5.74) is -0.161. The van der Waals surface area contributed by atoms with Gasteiger partial charge in [0.2, 0.25) is 20.0 Å². The zero-order valence-electron chi connectivity index (χ0n) is 21.8.